The predicted molar refractivity (Wildman–Crippen MR) is 112 cm³/mol. The summed E-state index contributed by atoms with van der Waals surface area (Å²) in [4.78, 5) is 30.9. The first-order chi connectivity index (χ1) is 13.7. The number of fused-ring (bicyclic) bond motifs is 1. The average molecular weight is 397 g/mol. The van der Waals surface area contributed by atoms with Crippen LogP contribution >= 0.6 is 11.8 Å². The minimum absolute atomic E-state index is 0.0682. The fourth-order valence-corrected chi connectivity index (χ4v) is 4.62. The van der Waals surface area contributed by atoms with Crippen molar-refractivity contribution in [2.75, 3.05) is 22.5 Å². The summed E-state index contributed by atoms with van der Waals surface area (Å²) in [6.45, 7) is 0.647. The van der Waals surface area contributed by atoms with Gasteiger partial charge in [0.05, 0.1) is 12.1 Å². The molecule has 1 aromatic heterocycles. The van der Waals surface area contributed by atoms with Gasteiger partial charge < -0.3 is 10.6 Å². The van der Waals surface area contributed by atoms with E-state index in [1.165, 1.54) is 12.8 Å². The van der Waals surface area contributed by atoms with Gasteiger partial charge in [0.15, 0.2) is 0 Å². The highest BCUT2D eigenvalue weighted by Crippen LogP contribution is 2.32. The summed E-state index contributed by atoms with van der Waals surface area (Å²) in [7, 11) is 0. The maximum Gasteiger partial charge on any atom is 0.326 e. The van der Waals surface area contributed by atoms with E-state index in [1.54, 1.807) is 22.9 Å². The lowest BCUT2D eigenvalue weighted by Gasteiger charge is -2.28. The van der Waals surface area contributed by atoms with Crippen LogP contribution < -0.4 is 15.5 Å². The Hall–Kier alpha value is -2.54. The number of thioether (sulfide) groups is 1. The van der Waals surface area contributed by atoms with Gasteiger partial charge in [0.1, 0.15) is 5.03 Å². The molecule has 0 saturated heterocycles. The molecule has 28 heavy (non-hydrogen) atoms. The summed E-state index contributed by atoms with van der Waals surface area (Å²) in [5, 5.41) is 6.93. The molecule has 2 aromatic rings. The third kappa shape index (κ3) is 4.47. The van der Waals surface area contributed by atoms with E-state index in [9.17, 15) is 9.59 Å². The third-order valence-corrected chi connectivity index (χ3v) is 6.11. The van der Waals surface area contributed by atoms with Gasteiger partial charge in [0.25, 0.3) is 0 Å². The van der Waals surface area contributed by atoms with Crippen LogP contribution in [0.1, 0.15) is 31.2 Å². The van der Waals surface area contributed by atoms with Crippen molar-refractivity contribution >= 4 is 35.1 Å². The summed E-state index contributed by atoms with van der Waals surface area (Å²) < 4.78 is 0. The number of nitrogens with zero attached hydrogens (tertiary/aromatic N) is 2. The number of rotatable bonds is 4. The van der Waals surface area contributed by atoms with Crippen molar-refractivity contribution in [3.8, 4) is 0 Å². The Morgan fingerprint density at radius 2 is 1.93 bits per heavy atom. The second kappa shape index (κ2) is 8.65. The van der Waals surface area contributed by atoms with Crippen LogP contribution in [0.15, 0.2) is 47.6 Å². The van der Waals surface area contributed by atoms with Crippen LogP contribution in [-0.2, 0) is 11.2 Å². The Labute approximate surface area is 169 Å². The van der Waals surface area contributed by atoms with Gasteiger partial charge >= 0.3 is 6.03 Å². The summed E-state index contributed by atoms with van der Waals surface area (Å²) >= 11 is 1.66. The number of amides is 3. The number of nitrogens with one attached hydrogen (secondary N) is 2. The number of carbonyl (C=O) groups excluding carboxylic acids is 2. The number of benzene rings is 1. The molecule has 1 aliphatic heterocycles. The molecule has 0 radical (unpaired) electrons. The topological polar surface area (TPSA) is 74.3 Å². The molecule has 7 heteroatoms. The zero-order valence-electron chi connectivity index (χ0n) is 15.7. The van der Waals surface area contributed by atoms with Crippen molar-refractivity contribution in [1.82, 2.24) is 10.3 Å². The van der Waals surface area contributed by atoms with Crippen molar-refractivity contribution in [2.45, 2.75) is 43.2 Å². The van der Waals surface area contributed by atoms with Gasteiger partial charge in [-0.15, -0.1) is 11.8 Å². The Kier molecular flexibility index (Phi) is 5.81. The first-order valence-corrected chi connectivity index (χ1v) is 10.7. The first-order valence-electron chi connectivity index (χ1n) is 9.74. The fourth-order valence-electron chi connectivity index (χ4n) is 3.70. The predicted octanol–water partition coefficient (Wildman–Crippen LogP) is 3.83. The molecular weight excluding hydrogens is 372 g/mol. The van der Waals surface area contributed by atoms with Crippen molar-refractivity contribution in [2.24, 2.45) is 0 Å². The Balaban J connectivity index is 1.34. The van der Waals surface area contributed by atoms with E-state index < -0.39 is 0 Å². The van der Waals surface area contributed by atoms with E-state index in [1.807, 2.05) is 36.4 Å². The quantitative estimate of drug-likeness (QED) is 0.824. The zero-order valence-corrected chi connectivity index (χ0v) is 16.5. The smallest absolute Gasteiger partial charge is 0.326 e. The highest BCUT2D eigenvalue weighted by Gasteiger charge is 2.23. The van der Waals surface area contributed by atoms with Gasteiger partial charge in [-0.2, -0.15) is 0 Å². The number of anilines is 2. The molecule has 146 valence electrons. The van der Waals surface area contributed by atoms with Crippen LogP contribution in [0.5, 0.6) is 0 Å². The van der Waals surface area contributed by atoms with Gasteiger partial charge in [-0.1, -0.05) is 25.0 Å². The molecule has 1 aliphatic carbocycles. The van der Waals surface area contributed by atoms with E-state index in [0.717, 1.165) is 34.9 Å². The first kappa shape index (κ1) is 18.8. The molecule has 6 nitrogen and oxygen atoms in total. The number of urea groups is 1. The Morgan fingerprint density at radius 3 is 2.71 bits per heavy atom. The van der Waals surface area contributed by atoms with Crippen LogP contribution in [0.3, 0.4) is 0 Å². The molecule has 4 rings (SSSR count). The molecule has 0 spiro atoms. The molecule has 2 heterocycles. The largest absolute Gasteiger partial charge is 0.353 e. The lowest BCUT2D eigenvalue weighted by Crippen LogP contribution is -2.38. The maximum absolute atomic E-state index is 12.7. The van der Waals surface area contributed by atoms with Gasteiger partial charge in [-0.25, -0.2) is 9.78 Å². The van der Waals surface area contributed by atoms with E-state index in [2.05, 4.69) is 15.6 Å². The van der Waals surface area contributed by atoms with Crippen LogP contribution in [-0.4, -0.2) is 35.3 Å². The van der Waals surface area contributed by atoms with Gasteiger partial charge in [0, 0.05) is 30.2 Å². The summed E-state index contributed by atoms with van der Waals surface area (Å²) in [6, 6.07) is 11.4. The maximum atomic E-state index is 12.7. The van der Waals surface area contributed by atoms with Crippen LogP contribution in [0.2, 0.25) is 0 Å². The van der Waals surface area contributed by atoms with Crippen molar-refractivity contribution in [3.05, 3.63) is 48.2 Å². The molecule has 0 bridgehead atoms. The van der Waals surface area contributed by atoms with Crippen LogP contribution in [0, 0.1) is 0 Å². The third-order valence-electron chi connectivity index (χ3n) is 5.13. The number of carbonyl (C=O) groups is 2. The normalized spacial score (nSPS) is 16.5. The summed E-state index contributed by atoms with van der Waals surface area (Å²) in [5.41, 5.74) is 2.50. The lowest BCUT2D eigenvalue weighted by molar-refractivity contribution is -0.121. The second-order valence-electron chi connectivity index (χ2n) is 7.18. The molecule has 2 aliphatic rings. The Bertz CT molecular complexity index is 850. The van der Waals surface area contributed by atoms with Gasteiger partial charge in [-0.05, 0) is 42.7 Å². The number of pyridine rings is 1. The van der Waals surface area contributed by atoms with Gasteiger partial charge in [-0.3, -0.25) is 9.69 Å². The molecule has 1 fully saturated rings. The standard InChI is InChI=1S/C21H24N4O2S/c26-19(23-16-4-1-2-5-16)14-15-7-9-17(10-8-15)24-21(27)25-12-13-28-20-18(25)6-3-11-22-20/h3,6-11,16H,1-2,4-5,12-14H2,(H,23,26)(H,24,27). The summed E-state index contributed by atoms with van der Waals surface area (Å²) in [5.74, 6) is 0.894. The number of aromatic nitrogens is 1. The molecule has 3 amide bonds. The highest BCUT2D eigenvalue weighted by molar-refractivity contribution is 7.99. The van der Waals surface area contributed by atoms with Crippen molar-refractivity contribution in [1.29, 1.82) is 0 Å². The molecule has 1 saturated carbocycles. The van der Waals surface area contributed by atoms with E-state index in [0.29, 0.717) is 24.7 Å². The second-order valence-corrected chi connectivity index (χ2v) is 8.26. The van der Waals surface area contributed by atoms with Crippen LogP contribution in [0.25, 0.3) is 0 Å². The van der Waals surface area contributed by atoms with Crippen molar-refractivity contribution in [3.63, 3.8) is 0 Å². The fraction of sp³-hybridized carbons (Fsp3) is 0.381. The lowest BCUT2D eigenvalue weighted by atomic mass is 10.1. The molecule has 0 atom stereocenters. The SMILES string of the molecule is O=C(Cc1ccc(NC(=O)N2CCSc3ncccc32)cc1)NC1CCCC1. The average Bonchev–Trinajstić information content (AvgIpc) is 3.22. The van der Waals surface area contributed by atoms with E-state index in [4.69, 9.17) is 0 Å². The van der Waals surface area contributed by atoms with E-state index >= 15 is 0 Å². The molecule has 2 N–H and O–H groups in total. The van der Waals surface area contributed by atoms with Gasteiger partial charge in [0.2, 0.25) is 5.91 Å². The van der Waals surface area contributed by atoms with E-state index in [-0.39, 0.29) is 11.9 Å². The number of hydrogen-bond acceptors (Lipinski definition) is 4. The summed E-state index contributed by atoms with van der Waals surface area (Å²) in [6.07, 6.45) is 6.70. The van der Waals surface area contributed by atoms with Crippen LogP contribution in [0.4, 0.5) is 16.2 Å². The molecule has 0 unspecified atom stereocenters. The van der Waals surface area contributed by atoms with Crippen molar-refractivity contribution < 1.29 is 9.59 Å². The number of hydrogen-bond donors (Lipinski definition) is 2. The zero-order chi connectivity index (χ0) is 19.3. The molecule has 1 aromatic carbocycles. The molecular formula is C21H24N4O2S. The minimum Gasteiger partial charge on any atom is -0.353 e. The Morgan fingerprint density at radius 1 is 1.14 bits per heavy atom. The monoisotopic (exact) mass is 396 g/mol. The minimum atomic E-state index is -0.165. The highest BCUT2D eigenvalue weighted by atomic mass is 32.2.